The van der Waals surface area contributed by atoms with E-state index in [4.69, 9.17) is 0 Å². The first-order valence-corrected chi connectivity index (χ1v) is 8.82. The highest BCUT2D eigenvalue weighted by Gasteiger charge is 2.23. The van der Waals surface area contributed by atoms with Crippen molar-refractivity contribution in [2.24, 2.45) is 0 Å². The summed E-state index contributed by atoms with van der Waals surface area (Å²) in [6.07, 6.45) is 5.23. The van der Waals surface area contributed by atoms with Gasteiger partial charge in [-0.2, -0.15) is 0 Å². The quantitative estimate of drug-likeness (QED) is 0.535. The molecule has 0 amide bonds. The number of halogens is 2. The molecule has 3 rings (SSSR count). The first-order valence-electron chi connectivity index (χ1n) is 7.23. The van der Waals surface area contributed by atoms with Gasteiger partial charge in [0.15, 0.2) is 0 Å². The molecule has 0 nitrogen and oxygen atoms in total. The molecule has 0 radical (unpaired) electrons. The van der Waals surface area contributed by atoms with Gasteiger partial charge in [0.2, 0.25) is 0 Å². The predicted octanol–water partition coefficient (Wildman–Crippen LogP) is 6.65. The molecule has 0 bridgehead atoms. The summed E-state index contributed by atoms with van der Waals surface area (Å²) in [5, 5.41) is 0. The summed E-state index contributed by atoms with van der Waals surface area (Å²) >= 11 is 7.02. The third kappa shape index (κ3) is 3.35. The maximum Gasteiger partial charge on any atom is 0.0175 e. The average Bonchev–Trinajstić information content (AvgIpc) is 2.49. The van der Waals surface area contributed by atoms with Crippen LogP contribution in [0.15, 0.2) is 57.5 Å². The van der Waals surface area contributed by atoms with E-state index in [9.17, 15) is 0 Å². The van der Waals surface area contributed by atoms with Crippen LogP contribution >= 0.6 is 31.9 Å². The van der Waals surface area contributed by atoms with E-state index in [1.54, 1.807) is 0 Å². The van der Waals surface area contributed by atoms with Crippen molar-refractivity contribution in [3.63, 3.8) is 0 Å². The van der Waals surface area contributed by atoms with Crippen LogP contribution in [0.2, 0.25) is 0 Å². The molecule has 0 aromatic heterocycles. The molecule has 0 N–H and O–H groups in total. The van der Waals surface area contributed by atoms with Crippen molar-refractivity contribution < 1.29 is 0 Å². The van der Waals surface area contributed by atoms with Gasteiger partial charge in [0.25, 0.3) is 0 Å². The third-order valence-corrected chi connectivity index (χ3v) is 5.47. The molecule has 2 heteroatoms. The van der Waals surface area contributed by atoms with Crippen LogP contribution in [0.25, 0.3) is 0 Å². The average molecular weight is 394 g/mol. The highest BCUT2D eigenvalue weighted by atomic mass is 79.9. The molecule has 0 unspecified atom stereocenters. The van der Waals surface area contributed by atoms with Crippen molar-refractivity contribution in [1.82, 2.24) is 0 Å². The van der Waals surface area contributed by atoms with E-state index in [1.807, 2.05) is 0 Å². The fourth-order valence-electron chi connectivity index (χ4n) is 3.23. The van der Waals surface area contributed by atoms with E-state index in [0.29, 0.717) is 0 Å². The summed E-state index contributed by atoms with van der Waals surface area (Å²) in [4.78, 5) is 0. The molecule has 0 spiro atoms. The SMILES string of the molecule is Brc1ccc(C2CCC(c3ccc(Br)cc3)CC2)cc1. The fourth-order valence-corrected chi connectivity index (χ4v) is 3.76. The number of hydrogen-bond donors (Lipinski definition) is 0. The lowest BCUT2D eigenvalue weighted by molar-refractivity contribution is 0.396. The van der Waals surface area contributed by atoms with Gasteiger partial charge >= 0.3 is 0 Å². The van der Waals surface area contributed by atoms with Crippen molar-refractivity contribution in [2.75, 3.05) is 0 Å². The fraction of sp³-hybridized carbons (Fsp3) is 0.333. The Labute approximate surface area is 137 Å². The van der Waals surface area contributed by atoms with Crippen molar-refractivity contribution in [2.45, 2.75) is 37.5 Å². The normalized spacial score (nSPS) is 22.7. The van der Waals surface area contributed by atoms with Crippen molar-refractivity contribution in [1.29, 1.82) is 0 Å². The van der Waals surface area contributed by atoms with Crippen LogP contribution in [-0.2, 0) is 0 Å². The van der Waals surface area contributed by atoms with Crippen LogP contribution in [0, 0.1) is 0 Å². The summed E-state index contributed by atoms with van der Waals surface area (Å²) in [7, 11) is 0. The van der Waals surface area contributed by atoms with Gasteiger partial charge in [-0.05, 0) is 72.9 Å². The molecule has 104 valence electrons. The summed E-state index contributed by atoms with van der Waals surface area (Å²) < 4.78 is 2.34. The Morgan fingerprint density at radius 3 is 1.15 bits per heavy atom. The molecular weight excluding hydrogens is 376 g/mol. The molecule has 20 heavy (non-hydrogen) atoms. The molecule has 0 saturated heterocycles. The van der Waals surface area contributed by atoms with Gasteiger partial charge in [-0.25, -0.2) is 0 Å². The lowest BCUT2D eigenvalue weighted by Crippen LogP contribution is -2.12. The second-order valence-electron chi connectivity index (χ2n) is 5.65. The largest absolute Gasteiger partial charge is 0.0576 e. The Bertz CT molecular complexity index is 495. The second kappa shape index (κ2) is 6.44. The van der Waals surface area contributed by atoms with Crippen LogP contribution in [0.3, 0.4) is 0 Å². The molecule has 1 aliphatic carbocycles. The van der Waals surface area contributed by atoms with Crippen molar-refractivity contribution in [3.8, 4) is 0 Å². The highest BCUT2D eigenvalue weighted by Crippen LogP contribution is 2.40. The van der Waals surface area contributed by atoms with Crippen LogP contribution < -0.4 is 0 Å². The minimum Gasteiger partial charge on any atom is -0.0576 e. The lowest BCUT2D eigenvalue weighted by atomic mass is 9.76. The maximum absolute atomic E-state index is 3.51. The molecule has 1 fully saturated rings. The number of benzene rings is 2. The van der Waals surface area contributed by atoms with E-state index in [-0.39, 0.29) is 0 Å². The minimum absolute atomic E-state index is 0.745. The zero-order valence-electron chi connectivity index (χ0n) is 11.4. The van der Waals surface area contributed by atoms with Crippen LogP contribution in [0.5, 0.6) is 0 Å². The highest BCUT2D eigenvalue weighted by molar-refractivity contribution is 9.10. The predicted molar refractivity (Wildman–Crippen MR) is 92.2 cm³/mol. The van der Waals surface area contributed by atoms with E-state index in [2.05, 4.69) is 80.4 Å². The van der Waals surface area contributed by atoms with E-state index in [1.165, 1.54) is 45.8 Å². The Balaban J connectivity index is 1.64. The Kier molecular flexibility index (Phi) is 4.62. The van der Waals surface area contributed by atoms with Gasteiger partial charge in [0, 0.05) is 8.95 Å². The first-order chi connectivity index (χ1) is 9.72. The van der Waals surface area contributed by atoms with Gasteiger partial charge in [-0.1, -0.05) is 56.1 Å². The van der Waals surface area contributed by atoms with Crippen molar-refractivity contribution in [3.05, 3.63) is 68.6 Å². The summed E-state index contributed by atoms with van der Waals surface area (Å²) in [5.41, 5.74) is 3.00. The van der Waals surface area contributed by atoms with E-state index >= 15 is 0 Å². The minimum atomic E-state index is 0.745. The van der Waals surface area contributed by atoms with E-state index in [0.717, 1.165) is 11.8 Å². The molecular formula is C18H18Br2. The Morgan fingerprint density at radius 1 is 0.550 bits per heavy atom. The van der Waals surface area contributed by atoms with Gasteiger partial charge in [-0.3, -0.25) is 0 Å². The maximum atomic E-state index is 3.51. The molecule has 2 aromatic rings. The van der Waals surface area contributed by atoms with Crippen LogP contribution in [0.4, 0.5) is 0 Å². The summed E-state index contributed by atoms with van der Waals surface area (Å²) in [5.74, 6) is 1.49. The van der Waals surface area contributed by atoms with Gasteiger partial charge in [0.1, 0.15) is 0 Å². The number of rotatable bonds is 2. The smallest absolute Gasteiger partial charge is 0.0175 e. The zero-order chi connectivity index (χ0) is 13.9. The monoisotopic (exact) mass is 392 g/mol. The zero-order valence-corrected chi connectivity index (χ0v) is 14.5. The molecule has 2 aromatic carbocycles. The van der Waals surface area contributed by atoms with Gasteiger partial charge in [-0.15, -0.1) is 0 Å². The Morgan fingerprint density at radius 2 is 0.850 bits per heavy atom. The topological polar surface area (TPSA) is 0 Å². The van der Waals surface area contributed by atoms with Gasteiger partial charge in [0.05, 0.1) is 0 Å². The molecule has 0 heterocycles. The summed E-state index contributed by atoms with van der Waals surface area (Å²) in [6.45, 7) is 0. The molecule has 1 saturated carbocycles. The standard InChI is InChI=1S/C18H18Br2/c19-17-9-5-15(6-10-17)13-1-2-14(4-3-13)16-7-11-18(20)12-8-16/h5-14H,1-4H2. The lowest BCUT2D eigenvalue weighted by Gasteiger charge is -2.29. The Hall–Kier alpha value is -0.600. The van der Waals surface area contributed by atoms with Crippen LogP contribution in [-0.4, -0.2) is 0 Å². The molecule has 0 atom stereocenters. The third-order valence-electron chi connectivity index (χ3n) is 4.41. The van der Waals surface area contributed by atoms with Crippen molar-refractivity contribution >= 4 is 31.9 Å². The molecule has 0 aliphatic heterocycles. The van der Waals surface area contributed by atoms with Crippen LogP contribution in [0.1, 0.15) is 48.6 Å². The van der Waals surface area contributed by atoms with E-state index < -0.39 is 0 Å². The number of hydrogen-bond acceptors (Lipinski definition) is 0. The molecule has 1 aliphatic rings. The second-order valence-corrected chi connectivity index (χ2v) is 7.48. The summed E-state index contributed by atoms with van der Waals surface area (Å²) in [6, 6.07) is 17.7. The first kappa shape index (κ1) is 14.3. The van der Waals surface area contributed by atoms with Gasteiger partial charge < -0.3 is 0 Å².